The van der Waals surface area contributed by atoms with Gasteiger partial charge in [-0.3, -0.25) is 4.79 Å². The van der Waals surface area contributed by atoms with E-state index in [4.69, 9.17) is 18.9 Å². The van der Waals surface area contributed by atoms with Gasteiger partial charge in [0.1, 0.15) is 17.3 Å². The van der Waals surface area contributed by atoms with Crippen LogP contribution in [0.15, 0.2) is 47.7 Å². The van der Waals surface area contributed by atoms with Crippen molar-refractivity contribution < 1.29 is 23.7 Å². The van der Waals surface area contributed by atoms with Gasteiger partial charge in [-0.2, -0.15) is 0 Å². The molecule has 0 spiro atoms. The van der Waals surface area contributed by atoms with E-state index in [0.29, 0.717) is 17.9 Å². The minimum atomic E-state index is -0.216. The highest BCUT2D eigenvalue weighted by Crippen LogP contribution is 2.53. The normalized spacial score (nSPS) is 21.7. The van der Waals surface area contributed by atoms with Crippen LogP contribution in [0.25, 0.3) is 0 Å². The first-order chi connectivity index (χ1) is 13.4. The lowest BCUT2D eigenvalue weighted by Gasteiger charge is -2.38. The fourth-order valence-corrected chi connectivity index (χ4v) is 4.40. The number of hydrogen-bond donors (Lipinski definition) is 0. The van der Waals surface area contributed by atoms with Crippen molar-refractivity contribution in [1.82, 2.24) is 0 Å². The lowest BCUT2D eigenvalue weighted by molar-refractivity contribution is -0.118. The molecule has 0 amide bonds. The molecular formula is C23H22O5. The Bertz CT molecular complexity index is 1020. The van der Waals surface area contributed by atoms with E-state index in [1.165, 1.54) is 0 Å². The molecule has 0 radical (unpaired) electrons. The lowest BCUT2D eigenvalue weighted by atomic mass is 9.70. The second-order valence-electron chi connectivity index (χ2n) is 8.33. The van der Waals surface area contributed by atoms with Crippen molar-refractivity contribution in [3.8, 4) is 23.0 Å². The van der Waals surface area contributed by atoms with Crippen molar-refractivity contribution in [3.05, 3.63) is 58.9 Å². The maximum absolute atomic E-state index is 13.2. The van der Waals surface area contributed by atoms with Gasteiger partial charge in [0.2, 0.25) is 6.79 Å². The number of hydrogen-bond acceptors (Lipinski definition) is 5. The van der Waals surface area contributed by atoms with Gasteiger partial charge in [0.25, 0.3) is 0 Å². The Morgan fingerprint density at radius 3 is 2.61 bits per heavy atom. The number of rotatable bonds is 2. The second-order valence-corrected chi connectivity index (χ2v) is 8.33. The Balaban J connectivity index is 1.73. The lowest BCUT2D eigenvalue weighted by Crippen LogP contribution is -2.32. The zero-order chi connectivity index (χ0) is 19.5. The molecule has 2 aliphatic heterocycles. The third kappa shape index (κ3) is 2.65. The maximum atomic E-state index is 13.2. The molecule has 1 atom stereocenters. The Kier molecular flexibility index (Phi) is 3.69. The number of Topliss-reactive ketones (excluding diaryl/α,β-unsaturated/α-hetero) is 1. The topological polar surface area (TPSA) is 54.0 Å². The number of ether oxygens (including phenoxy) is 4. The number of ketones is 1. The van der Waals surface area contributed by atoms with Crippen LogP contribution in [0, 0.1) is 5.41 Å². The molecule has 3 aliphatic rings. The monoisotopic (exact) mass is 378 g/mol. The SMILES string of the molecule is COc1cccc(C2C3=C(CC(C)(C)CC3=O)Oc3cc4c(cc32)OCO4)c1. The van der Waals surface area contributed by atoms with Crippen LogP contribution in [-0.4, -0.2) is 19.7 Å². The largest absolute Gasteiger partial charge is 0.497 e. The third-order valence-electron chi connectivity index (χ3n) is 5.64. The summed E-state index contributed by atoms with van der Waals surface area (Å²) in [4.78, 5) is 13.2. The van der Waals surface area contributed by atoms with Crippen molar-refractivity contribution in [2.75, 3.05) is 13.9 Å². The average molecular weight is 378 g/mol. The molecule has 0 bridgehead atoms. The van der Waals surface area contributed by atoms with Crippen LogP contribution in [0.1, 0.15) is 43.7 Å². The van der Waals surface area contributed by atoms with Gasteiger partial charge in [0.05, 0.1) is 7.11 Å². The van der Waals surface area contributed by atoms with Crippen LogP contribution in [0.5, 0.6) is 23.0 Å². The van der Waals surface area contributed by atoms with Crippen LogP contribution in [-0.2, 0) is 4.79 Å². The molecule has 0 N–H and O–H groups in total. The summed E-state index contributed by atoms with van der Waals surface area (Å²) in [5.74, 6) is 3.53. The molecular weight excluding hydrogens is 356 g/mol. The van der Waals surface area contributed by atoms with Crippen LogP contribution in [0.3, 0.4) is 0 Å². The zero-order valence-corrected chi connectivity index (χ0v) is 16.2. The molecule has 28 heavy (non-hydrogen) atoms. The van der Waals surface area contributed by atoms with E-state index in [2.05, 4.69) is 13.8 Å². The minimum absolute atomic E-state index is 0.122. The van der Waals surface area contributed by atoms with Gasteiger partial charge in [0, 0.05) is 36.0 Å². The van der Waals surface area contributed by atoms with Gasteiger partial charge >= 0.3 is 0 Å². The number of methoxy groups -OCH3 is 1. The minimum Gasteiger partial charge on any atom is -0.497 e. The fraction of sp³-hybridized carbons (Fsp3) is 0.348. The number of allylic oxidation sites excluding steroid dienone is 2. The number of benzene rings is 2. The Labute approximate surface area is 163 Å². The standard InChI is InChI=1S/C23H22O5/c1-23(2)10-16(24)22-20(11-23)28-17-9-19-18(26-12-27-19)8-15(17)21(22)13-5-4-6-14(7-13)25-3/h4-9,21H,10-12H2,1-3H3. The molecule has 0 aromatic heterocycles. The first-order valence-electron chi connectivity index (χ1n) is 9.47. The van der Waals surface area contributed by atoms with E-state index in [-0.39, 0.29) is 23.9 Å². The van der Waals surface area contributed by atoms with E-state index in [1.807, 2.05) is 36.4 Å². The third-order valence-corrected chi connectivity index (χ3v) is 5.64. The van der Waals surface area contributed by atoms with E-state index in [0.717, 1.165) is 40.4 Å². The average Bonchev–Trinajstić information content (AvgIpc) is 3.11. The van der Waals surface area contributed by atoms with Gasteiger partial charge < -0.3 is 18.9 Å². The van der Waals surface area contributed by atoms with Crippen LogP contribution >= 0.6 is 0 Å². The predicted octanol–water partition coefficient (Wildman–Crippen LogP) is 4.59. The summed E-state index contributed by atoms with van der Waals surface area (Å²) in [7, 11) is 1.65. The molecule has 5 nitrogen and oxygen atoms in total. The summed E-state index contributed by atoms with van der Waals surface area (Å²) in [5, 5.41) is 0. The van der Waals surface area contributed by atoms with Gasteiger partial charge in [0.15, 0.2) is 17.3 Å². The number of fused-ring (bicyclic) bond motifs is 2. The predicted molar refractivity (Wildman–Crippen MR) is 103 cm³/mol. The van der Waals surface area contributed by atoms with Gasteiger partial charge in [-0.05, 0) is 29.2 Å². The number of carbonyl (C=O) groups excluding carboxylic acids is 1. The Hall–Kier alpha value is -2.95. The quantitative estimate of drug-likeness (QED) is 0.765. The summed E-state index contributed by atoms with van der Waals surface area (Å²) < 4.78 is 22.8. The molecule has 2 aromatic carbocycles. The molecule has 144 valence electrons. The van der Waals surface area contributed by atoms with Crippen molar-refractivity contribution >= 4 is 5.78 Å². The van der Waals surface area contributed by atoms with Crippen LogP contribution < -0.4 is 18.9 Å². The molecule has 5 rings (SSSR count). The maximum Gasteiger partial charge on any atom is 0.231 e. The smallest absolute Gasteiger partial charge is 0.231 e. The number of carbonyl (C=O) groups is 1. The molecule has 2 heterocycles. The summed E-state index contributed by atoms with van der Waals surface area (Å²) in [6, 6.07) is 11.7. The molecule has 5 heteroatoms. The van der Waals surface area contributed by atoms with Gasteiger partial charge in [-0.15, -0.1) is 0 Å². The van der Waals surface area contributed by atoms with Gasteiger partial charge in [-0.1, -0.05) is 26.0 Å². The molecule has 1 aliphatic carbocycles. The highest BCUT2D eigenvalue weighted by Gasteiger charge is 2.42. The summed E-state index contributed by atoms with van der Waals surface area (Å²) in [6.45, 7) is 4.41. The van der Waals surface area contributed by atoms with Crippen molar-refractivity contribution in [2.45, 2.75) is 32.6 Å². The molecule has 1 unspecified atom stereocenters. The molecule has 0 saturated carbocycles. The van der Waals surface area contributed by atoms with Gasteiger partial charge in [-0.25, -0.2) is 0 Å². The highest BCUT2D eigenvalue weighted by atomic mass is 16.7. The van der Waals surface area contributed by atoms with E-state index in [9.17, 15) is 4.79 Å². The Morgan fingerprint density at radius 2 is 1.82 bits per heavy atom. The van der Waals surface area contributed by atoms with E-state index >= 15 is 0 Å². The molecule has 0 saturated heterocycles. The summed E-state index contributed by atoms with van der Waals surface area (Å²) in [6.07, 6.45) is 1.23. The second kappa shape index (κ2) is 6.03. The Morgan fingerprint density at radius 1 is 1.04 bits per heavy atom. The highest BCUT2D eigenvalue weighted by molar-refractivity contribution is 6.00. The van der Waals surface area contributed by atoms with E-state index < -0.39 is 0 Å². The first kappa shape index (κ1) is 17.2. The zero-order valence-electron chi connectivity index (χ0n) is 16.2. The summed E-state index contributed by atoms with van der Waals surface area (Å²) in [5.41, 5.74) is 2.55. The van der Waals surface area contributed by atoms with Crippen molar-refractivity contribution in [3.63, 3.8) is 0 Å². The molecule has 2 aromatic rings. The van der Waals surface area contributed by atoms with Crippen LogP contribution in [0.2, 0.25) is 0 Å². The van der Waals surface area contributed by atoms with Crippen LogP contribution in [0.4, 0.5) is 0 Å². The summed E-state index contributed by atoms with van der Waals surface area (Å²) >= 11 is 0. The first-order valence-corrected chi connectivity index (χ1v) is 9.47. The van der Waals surface area contributed by atoms with Crippen molar-refractivity contribution in [2.24, 2.45) is 5.41 Å². The van der Waals surface area contributed by atoms with Crippen molar-refractivity contribution in [1.29, 1.82) is 0 Å². The fourth-order valence-electron chi connectivity index (χ4n) is 4.40. The molecule has 0 fully saturated rings. The van der Waals surface area contributed by atoms with E-state index in [1.54, 1.807) is 7.11 Å².